The van der Waals surface area contributed by atoms with Crippen LogP contribution >= 0.6 is 0 Å². The molecule has 3 N–H and O–H groups in total. The van der Waals surface area contributed by atoms with E-state index in [1.54, 1.807) is 6.20 Å². The first kappa shape index (κ1) is 12.7. The summed E-state index contributed by atoms with van der Waals surface area (Å²) in [7, 11) is 0. The third-order valence-corrected chi connectivity index (χ3v) is 4.68. The maximum Gasteiger partial charge on any atom is 0.146 e. The summed E-state index contributed by atoms with van der Waals surface area (Å²) in [6, 6.07) is 15.2. The molecule has 0 radical (unpaired) electrons. The van der Waals surface area contributed by atoms with Gasteiger partial charge in [-0.2, -0.15) is 0 Å². The molecule has 2 heterocycles. The van der Waals surface area contributed by atoms with Gasteiger partial charge in [0.15, 0.2) is 0 Å². The smallest absolute Gasteiger partial charge is 0.146 e. The summed E-state index contributed by atoms with van der Waals surface area (Å²) in [6.07, 6.45) is 1.73. The zero-order valence-electron chi connectivity index (χ0n) is 11.9. The number of nitrogens with one attached hydrogen (secondary N) is 1. The molecule has 0 spiro atoms. The molecule has 1 aliphatic carbocycles. The fraction of sp³-hybridized carbons (Fsp3) is 0.353. The van der Waals surface area contributed by atoms with Gasteiger partial charge in [0.2, 0.25) is 0 Å². The first-order valence-corrected chi connectivity index (χ1v) is 7.54. The molecule has 0 amide bonds. The van der Waals surface area contributed by atoms with Gasteiger partial charge in [0, 0.05) is 31.9 Å². The van der Waals surface area contributed by atoms with Crippen LogP contribution in [0.3, 0.4) is 0 Å². The van der Waals surface area contributed by atoms with Crippen LogP contribution in [0.5, 0.6) is 0 Å². The summed E-state index contributed by atoms with van der Waals surface area (Å²) in [4.78, 5) is 6.68. The lowest BCUT2D eigenvalue weighted by Gasteiger charge is -2.20. The molecule has 0 bridgehead atoms. The number of likely N-dealkylation sites (tertiary alicyclic amines) is 1. The highest BCUT2D eigenvalue weighted by atomic mass is 15.2. The quantitative estimate of drug-likeness (QED) is 0.901. The lowest BCUT2D eigenvalue weighted by atomic mass is 10.2. The summed E-state index contributed by atoms with van der Waals surface area (Å²) < 4.78 is 0. The summed E-state index contributed by atoms with van der Waals surface area (Å²) in [5.74, 6) is 2.12. The van der Waals surface area contributed by atoms with Crippen LogP contribution in [0.4, 0.5) is 11.5 Å². The van der Waals surface area contributed by atoms with Gasteiger partial charge >= 0.3 is 0 Å². The molecule has 1 aromatic heterocycles. The number of aromatic nitrogens is 1. The first-order chi connectivity index (χ1) is 10.3. The zero-order chi connectivity index (χ0) is 14.2. The fourth-order valence-corrected chi connectivity index (χ4v) is 3.52. The predicted octanol–water partition coefficient (Wildman–Crippen LogP) is 2.21. The van der Waals surface area contributed by atoms with Gasteiger partial charge in [-0.1, -0.05) is 30.3 Å². The lowest BCUT2D eigenvalue weighted by molar-refractivity contribution is 0.293. The molecule has 1 saturated heterocycles. The normalized spacial score (nSPS) is 27.3. The van der Waals surface area contributed by atoms with Gasteiger partial charge in [-0.25, -0.2) is 4.98 Å². The number of piperidine rings is 1. The average molecular weight is 280 g/mol. The number of nitrogen functional groups attached to an aromatic ring is 1. The summed E-state index contributed by atoms with van der Waals surface area (Å²) >= 11 is 0. The Morgan fingerprint density at radius 1 is 1.10 bits per heavy atom. The van der Waals surface area contributed by atoms with Crippen LogP contribution in [0.25, 0.3) is 0 Å². The Balaban J connectivity index is 1.33. The Morgan fingerprint density at radius 3 is 2.57 bits per heavy atom. The predicted molar refractivity (Wildman–Crippen MR) is 84.8 cm³/mol. The Bertz CT molecular complexity index is 616. The number of nitrogens with zero attached hydrogens (tertiary/aromatic N) is 2. The summed E-state index contributed by atoms with van der Waals surface area (Å²) in [5.41, 5.74) is 8.27. The Morgan fingerprint density at radius 2 is 1.86 bits per heavy atom. The highest BCUT2D eigenvalue weighted by molar-refractivity contribution is 5.62. The van der Waals surface area contributed by atoms with Crippen molar-refractivity contribution >= 4 is 11.5 Å². The molecule has 2 atom stereocenters. The third-order valence-electron chi connectivity index (χ3n) is 4.68. The molecule has 2 unspecified atom stereocenters. The number of pyridine rings is 1. The number of hydrogen-bond acceptors (Lipinski definition) is 4. The Labute approximate surface area is 125 Å². The third kappa shape index (κ3) is 2.47. The molecule has 2 aromatic rings. The zero-order valence-corrected chi connectivity index (χ0v) is 11.9. The van der Waals surface area contributed by atoms with Gasteiger partial charge in [-0.05, 0) is 29.5 Å². The number of fused-ring (bicyclic) bond motifs is 1. The van der Waals surface area contributed by atoms with Crippen LogP contribution in [0.2, 0.25) is 0 Å². The van der Waals surface area contributed by atoms with Gasteiger partial charge < -0.3 is 11.1 Å². The topological polar surface area (TPSA) is 54.2 Å². The molecule has 4 nitrogen and oxygen atoms in total. The largest absolute Gasteiger partial charge is 0.382 e. The molecule has 4 rings (SSSR count). The van der Waals surface area contributed by atoms with Crippen LogP contribution < -0.4 is 11.1 Å². The van der Waals surface area contributed by atoms with Crippen molar-refractivity contribution in [1.29, 1.82) is 0 Å². The second-order valence-corrected chi connectivity index (χ2v) is 6.11. The number of nitrogens with two attached hydrogens (primary N) is 1. The summed E-state index contributed by atoms with van der Waals surface area (Å²) in [5, 5.41) is 3.56. The van der Waals surface area contributed by atoms with Gasteiger partial charge in [-0.3, -0.25) is 4.90 Å². The number of rotatable bonds is 4. The molecule has 1 aromatic carbocycles. The Kier molecular flexibility index (Phi) is 3.04. The number of hydrogen-bond donors (Lipinski definition) is 2. The maximum atomic E-state index is 5.89. The van der Waals surface area contributed by atoms with Crippen molar-refractivity contribution in [3.8, 4) is 0 Å². The van der Waals surface area contributed by atoms with Crippen LogP contribution in [-0.2, 0) is 6.54 Å². The van der Waals surface area contributed by atoms with Gasteiger partial charge in [0.05, 0.1) is 5.69 Å². The molecular weight excluding hydrogens is 260 g/mol. The minimum absolute atomic E-state index is 0.573. The van der Waals surface area contributed by atoms with Gasteiger partial charge in [0.1, 0.15) is 5.82 Å². The minimum atomic E-state index is 0.573. The van der Waals surface area contributed by atoms with Gasteiger partial charge in [0.25, 0.3) is 0 Å². The van der Waals surface area contributed by atoms with Crippen molar-refractivity contribution in [2.24, 2.45) is 11.8 Å². The molecular formula is C17H20N4. The lowest BCUT2D eigenvalue weighted by Crippen LogP contribution is -2.27. The average Bonchev–Trinajstić information content (AvgIpc) is 2.94. The van der Waals surface area contributed by atoms with Crippen molar-refractivity contribution in [2.75, 3.05) is 24.1 Å². The molecule has 1 aliphatic heterocycles. The van der Waals surface area contributed by atoms with E-state index in [4.69, 9.17) is 5.73 Å². The van der Waals surface area contributed by atoms with E-state index in [1.165, 1.54) is 18.7 Å². The van der Waals surface area contributed by atoms with E-state index < -0.39 is 0 Å². The van der Waals surface area contributed by atoms with Gasteiger partial charge in [-0.15, -0.1) is 0 Å². The van der Waals surface area contributed by atoms with Crippen LogP contribution in [0, 0.1) is 11.8 Å². The molecule has 4 heteroatoms. The van der Waals surface area contributed by atoms with Crippen molar-refractivity contribution in [3.05, 3.63) is 54.2 Å². The SMILES string of the molecule is Nc1ncccc1NC1C2CN(Cc3ccccc3)CC21. The van der Waals surface area contributed by atoms with E-state index in [2.05, 4.69) is 45.5 Å². The van der Waals surface area contributed by atoms with E-state index in [9.17, 15) is 0 Å². The van der Waals surface area contributed by atoms with E-state index in [0.717, 1.165) is 24.1 Å². The van der Waals surface area contributed by atoms with Crippen LogP contribution in [-0.4, -0.2) is 29.0 Å². The molecule has 21 heavy (non-hydrogen) atoms. The van der Waals surface area contributed by atoms with Crippen molar-refractivity contribution < 1.29 is 0 Å². The van der Waals surface area contributed by atoms with Crippen LogP contribution in [0.1, 0.15) is 5.56 Å². The van der Waals surface area contributed by atoms with Crippen LogP contribution in [0.15, 0.2) is 48.7 Å². The molecule has 108 valence electrons. The van der Waals surface area contributed by atoms with Crippen molar-refractivity contribution in [2.45, 2.75) is 12.6 Å². The number of anilines is 2. The van der Waals surface area contributed by atoms with Crippen molar-refractivity contribution in [3.63, 3.8) is 0 Å². The minimum Gasteiger partial charge on any atom is -0.382 e. The Hall–Kier alpha value is -2.07. The van der Waals surface area contributed by atoms with Crippen molar-refractivity contribution in [1.82, 2.24) is 9.88 Å². The number of benzene rings is 1. The van der Waals surface area contributed by atoms with E-state index in [1.807, 2.05) is 12.1 Å². The van der Waals surface area contributed by atoms with E-state index >= 15 is 0 Å². The monoisotopic (exact) mass is 280 g/mol. The highest BCUT2D eigenvalue weighted by Crippen LogP contribution is 2.47. The molecule has 2 fully saturated rings. The van der Waals surface area contributed by atoms with E-state index in [0.29, 0.717) is 11.9 Å². The molecule has 2 aliphatic rings. The maximum absolute atomic E-state index is 5.89. The summed E-state index contributed by atoms with van der Waals surface area (Å²) in [6.45, 7) is 3.42. The second-order valence-electron chi connectivity index (χ2n) is 6.11. The fourth-order valence-electron chi connectivity index (χ4n) is 3.52. The highest BCUT2D eigenvalue weighted by Gasteiger charge is 2.55. The standard InChI is InChI=1S/C17H20N4/c18-17-15(7-4-8-19-17)20-16-13-10-21(11-14(13)16)9-12-5-2-1-3-6-12/h1-8,13-14,16,20H,9-11H2,(H2,18,19). The van der Waals surface area contributed by atoms with E-state index in [-0.39, 0.29) is 0 Å². The second kappa shape index (κ2) is 5.04. The molecule has 1 saturated carbocycles. The first-order valence-electron chi connectivity index (χ1n) is 7.54.